The van der Waals surface area contributed by atoms with Gasteiger partial charge < -0.3 is 14.8 Å². The number of hydrogen-bond acceptors (Lipinski definition) is 3. The van der Waals surface area contributed by atoms with Crippen molar-refractivity contribution >= 4 is 12.4 Å². The minimum Gasteiger partial charge on any atom is -0.382 e. The highest BCUT2D eigenvalue weighted by Crippen LogP contribution is 2.39. The Morgan fingerprint density at radius 2 is 1.45 bits per heavy atom. The van der Waals surface area contributed by atoms with Gasteiger partial charge in [-0.15, -0.1) is 12.4 Å². The lowest BCUT2D eigenvalue weighted by molar-refractivity contribution is -0.143. The van der Waals surface area contributed by atoms with Gasteiger partial charge >= 0.3 is 12.4 Å². The molecule has 1 atom stereocenters. The van der Waals surface area contributed by atoms with Gasteiger partial charge in [-0.2, -0.15) is 26.3 Å². The number of piperidine rings is 1. The number of halogens is 7. The molecule has 1 N–H and O–H groups in total. The molecule has 0 amide bonds. The first-order chi connectivity index (χ1) is 15.0. The maximum Gasteiger partial charge on any atom is 0.416 e. The molecule has 3 rings (SSSR count). The first-order valence-corrected chi connectivity index (χ1v) is 10.2. The van der Waals surface area contributed by atoms with Gasteiger partial charge in [-0.1, -0.05) is 30.3 Å². The lowest BCUT2D eigenvalue weighted by Gasteiger charge is -2.39. The van der Waals surface area contributed by atoms with Crippen molar-refractivity contribution in [2.45, 2.75) is 36.7 Å². The summed E-state index contributed by atoms with van der Waals surface area (Å²) in [6.07, 6.45) is -9.47. The first-order valence-electron chi connectivity index (χ1n) is 10.2. The Labute approximate surface area is 194 Å². The van der Waals surface area contributed by atoms with Crippen molar-refractivity contribution in [2.75, 3.05) is 33.4 Å². The number of ether oxygens (including phenoxy) is 2. The maximum atomic E-state index is 13.3. The molecular weight excluding hydrogens is 472 g/mol. The topological polar surface area (TPSA) is 30.5 Å². The molecule has 0 radical (unpaired) electrons. The highest BCUT2D eigenvalue weighted by atomic mass is 35.5. The van der Waals surface area contributed by atoms with E-state index in [0.717, 1.165) is 31.5 Å². The summed E-state index contributed by atoms with van der Waals surface area (Å²) >= 11 is 0. The Kier molecular flexibility index (Phi) is 9.21. The molecule has 184 valence electrons. The Morgan fingerprint density at radius 1 is 0.909 bits per heavy atom. The smallest absolute Gasteiger partial charge is 0.382 e. The van der Waals surface area contributed by atoms with Crippen LogP contribution < -0.4 is 5.32 Å². The number of nitrogens with one attached hydrogen (secondary N) is 1. The molecule has 0 aliphatic carbocycles. The summed E-state index contributed by atoms with van der Waals surface area (Å²) in [4.78, 5) is 0. The van der Waals surface area contributed by atoms with E-state index in [2.05, 4.69) is 5.32 Å². The third kappa shape index (κ3) is 6.85. The van der Waals surface area contributed by atoms with Gasteiger partial charge in [0.05, 0.1) is 24.3 Å². The fraction of sp³-hybridized carbons (Fsp3) is 0.478. The van der Waals surface area contributed by atoms with Gasteiger partial charge in [0.2, 0.25) is 0 Å². The van der Waals surface area contributed by atoms with Crippen molar-refractivity contribution in [3.8, 4) is 0 Å². The first kappa shape index (κ1) is 27.4. The molecule has 2 aromatic rings. The number of methoxy groups -OCH3 is 1. The molecule has 0 spiro atoms. The van der Waals surface area contributed by atoms with Crippen LogP contribution in [0.5, 0.6) is 0 Å². The molecule has 0 aromatic heterocycles. The molecule has 2 aromatic carbocycles. The highest BCUT2D eigenvalue weighted by molar-refractivity contribution is 5.85. The Hall–Kier alpha value is -1.81. The van der Waals surface area contributed by atoms with Crippen molar-refractivity contribution < 1.29 is 35.8 Å². The summed E-state index contributed by atoms with van der Waals surface area (Å²) in [7, 11) is 1.33. The van der Waals surface area contributed by atoms with E-state index in [1.807, 2.05) is 30.3 Å². The average molecular weight is 498 g/mol. The third-order valence-corrected chi connectivity index (χ3v) is 5.81. The number of alkyl halides is 6. The number of benzene rings is 2. The molecule has 10 heteroatoms. The van der Waals surface area contributed by atoms with Crippen molar-refractivity contribution in [1.29, 1.82) is 0 Å². The van der Waals surface area contributed by atoms with Crippen molar-refractivity contribution in [1.82, 2.24) is 5.32 Å². The summed E-state index contributed by atoms with van der Waals surface area (Å²) in [5, 5.41) is 3.27. The van der Waals surface area contributed by atoms with E-state index in [1.54, 1.807) is 0 Å². The van der Waals surface area contributed by atoms with Gasteiger partial charge in [0.25, 0.3) is 0 Å². The molecule has 1 unspecified atom stereocenters. The SMILES string of the molecule is COCC(OCC1(c2ccccc2)CCNCC1)c1cc(C(F)(F)F)cc(C(F)(F)F)c1.Cl. The molecule has 33 heavy (non-hydrogen) atoms. The number of rotatable bonds is 7. The van der Waals surface area contributed by atoms with Crippen LogP contribution in [-0.4, -0.2) is 33.4 Å². The summed E-state index contributed by atoms with van der Waals surface area (Å²) in [6, 6.07) is 11.1. The molecule has 1 aliphatic heterocycles. The predicted octanol–water partition coefficient (Wildman–Crippen LogP) is 6.17. The Morgan fingerprint density at radius 3 is 1.94 bits per heavy atom. The second kappa shape index (κ2) is 11.1. The van der Waals surface area contributed by atoms with Gasteiger partial charge in [0.15, 0.2) is 0 Å². The number of hydrogen-bond donors (Lipinski definition) is 1. The van der Waals surface area contributed by atoms with E-state index in [9.17, 15) is 26.3 Å². The molecule has 1 saturated heterocycles. The highest BCUT2D eigenvalue weighted by Gasteiger charge is 2.39. The quantitative estimate of drug-likeness (QED) is 0.464. The minimum absolute atomic E-state index is 0. The molecule has 0 saturated carbocycles. The van der Waals surface area contributed by atoms with E-state index in [0.29, 0.717) is 12.1 Å². The fourth-order valence-corrected chi connectivity index (χ4v) is 4.03. The molecule has 1 aliphatic rings. The maximum absolute atomic E-state index is 13.3. The molecule has 1 fully saturated rings. The van der Waals surface area contributed by atoms with Crippen LogP contribution >= 0.6 is 12.4 Å². The van der Waals surface area contributed by atoms with Crippen molar-refractivity contribution in [3.63, 3.8) is 0 Å². The summed E-state index contributed by atoms with van der Waals surface area (Å²) in [5.74, 6) is 0. The lowest BCUT2D eigenvalue weighted by Crippen LogP contribution is -2.43. The van der Waals surface area contributed by atoms with Crippen molar-refractivity contribution in [2.24, 2.45) is 0 Å². The largest absolute Gasteiger partial charge is 0.416 e. The van der Waals surface area contributed by atoms with Gasteiger partial charge in [0, 0.05) is 12.5 Å². The van der Waals surface area contributed by atoms with Crippen LogP contribution in [0.4, 0.5) is 26.3 Å². The lowest BCUT2D eigenvalue weighted by atomic mass is 9.74. The van der Waals surface area contributed by atoms with E-state index >= 15 is 0 Å². The third-order valence-electron chi connectivity index (χ3n) is 5.81. The van der Waals surface area contributed by atoms with E-state index in [1.165, 1.54) is 7.11 Å². The van der Waals surface area contributed by atoms with Gasteiger partial charge in [0.1, 0.15) is 6.10 Å². The van der Waals surface area contributed by atoms with Crippen LogP contribution in [0.25, 0.3) is 0 Å². The monoisotopic (exact) mass is 497 g/mol. The van der Waals surface area contributed by atoms with Crippen molar-refractivity contribution in [3.05, 3.63) is 70.8 Å². The summed E-state index contributed by atoms with van der Waals surface area (Å²) in [6.45, 7) is 1.43. The molecule has 1 heterocycles. The standard InChI is InChI=1S/C23H25F6NO2.ClH/c1-31-14-20(16-11-18(22(24,25)26)13-19(12-16)23(27,28)29)32-15-21(7-9-30-10-8-21)17-5-3-2-4-6-17;/h2-6,11-13,20,30H,7-10,14-15H2,1H3;1H. The van der Waals surface area contributed by atoms with Crippen LogP contribution in [0.2, 0.25) is 0 Å². The zero-order valence-electron chi connectivity index (χ0n) is 17.9. The van der Waals surface area contributed by atoms with Gasteiger partial charge in [-0.3, -0.25) is 0 Å². The average Bonchev–Trinajstić information content (AvgIpc) is 2.76. The summed E-state index contributed by atoms with van der Waals surface area (Å²) < 4.78 is 90.9. The van der Waals surface area contributed by atoms with Crippen LogP contribution in [0.3, 0.4) is 0 Å². The fourth-order valence-electron chi connectivity index (χ4n) is 4.03. The van der Waals surface area contributed by atoms with E-state index < -0.39 is 35.0 Å². The van der Waals surface area contributed by atoms with E-state index in [-0.39, 0.29) is 37.3 Å². The van der Waals surface area contributed by atoms with Crippen LogP contribution in [0.1, 0.15) is 41.2 Å². The van der Waals surface area contributed by atoms with Crippen LogP contribution in [-0.2, 0) is 27.2 Å². The Bertz CT molecular complexity index is 851. The van der Waals surface area contributed by atoms with Crippen LogP contribution in [0, 0.1) is 0 Å². The molecule has 3 nitrogen and oxygen atoms in total. The molecule has 0 bridgehead atoms. The minimum atomic E-state index is -4.92. The second-order valence-corrected chi connectivity index (χ2v) is 7.99. The zero-order chi connectivity index (χ0) is 23.4. The van der Waals surface area contributed by atoms with Gasteiger partial charge in [-0.25, -0.2) is 0 Å². The predicted molar refractivity (Wildman–Crippen MR) is 114 cm³/mol. The normalized spacial score (nSPS) is 17.3. The van der Waals surface area contributed by atoms with Crippen LogP contribution in [0.15, 0.2) is 48.5 Å². The summed E-state index contributed by atoms with van der Waals surface area (Å²) in [5.41, 5.74) is -2.32. The van der Waals surface area contributed by atoms with E-state index in [4.69, 9.17) is 9.47 Å². The zero-order valence-corrected chi connectivity index (χ0v) is 18.7. The van der Waals surface area contributed by atoms with Gasteiger partial charge in [-0.05, 0) is 55.3 Å². The second-order valence-electron chi connectivity index (χ2n) is 7.99. The Balaban J connectivity index is 0.00000385. The molecular formula is C23H26ClF6NO2.